The van der Waals surface area contributed by atoms with Gasteiger partial charge < -0.3 is 10.2 Å². The minimum absolute atomic E-state index is 0.239. The largest absolute Gasteiger partial charge is 0.339 e. The van der Waals surface area contributed by atoms with E-state index in [4.69, 9.17) is 0 Å². The van der Waals surface area contributed by atoms with Crippen molar-refractivity contribution in [3.63, 3.8) is 0 Å². The Bertz CT molecular complexity index is 385. The van der Waals surface area contributed by atoms with E-state index in [0.29, 0.717) is 12.6 Å². The highest BCUT2D eigenvalue weighted by molar-refractivity contribution is 7.11. The van der Waals surface area contributed by atoms with Gasteiger partial charge in [-0.3, -0.25) is 4.79 Å². The highest BCUT2D eigenvalue weighted by Crippen LogP contribution is 2.26. The van der Waals surface area contributed by atoms with E-state index in [2.05, 4.69) is 31.3 Å². The molecule has 17 heavy (non-hydrogen) atoms. The van der Waals surface area contributed by atoms with Crippen LogP contribution in [0.2, 0.25) is 0 Å². The topological polar surface area (TPSA) is 32.3 Å². The Hall–Kier alpha value is -0.870. The molecule has 0 aliphatic heterocycles. The zero-order valence-electron chi connectivity index (χ0n) is 10.5. The van der Waals surface area contributed by atoms with Gasteiger partial charge in [0, 0.05) is 28.9 Å². The van der Waals surface area contributed by atoms with E-state index < -0.39 is 0 Å². The van der Waals surface area contributed by atoms with Gasteiger partial charge in [0.1, 0.15) is 0 Å². The fourth-order valence-electron chi connectivity index (χ4n) is 2.00. The zero-order chi connectivity index (χ0) is 12.3. The molecule has 0 radical (unpaired) electrons. The van der Waals surface area contributed by atoms with Gasteiger partial charge in [-0.2, -0.15) is 0 Å². The minimum atomic E-state index is 0.239. The molecule has 1 aliphatic carbocycles. The number of likely N-dealkylation sites (N-methyl/N-ethyl adjacent to an activating group) is 1. The number of carbonyl (C=O) groups is 1. The van der Waals surface area contributed by atoms with Crippen LogP contribution in [0, 0.1) is 6.92 Å². The van der Waals surface area contributed by atoms with Crippen molar-refractivity contribution in [2.24, 2.45) is 0 Å². The molecule has 0 saturated heterocycles. The van der Waals surface area contributed by atoms with E-state index in [-0.39, 0.29) is 5.91 Å². The summed E-state index contributed by atoms with van der Waals surface area (Å²) in [6.45, 7) is 6.25. The lowest BCUT2D eigenvalue weighted by Crippen LogP contribution is -2.39. The molecule has 0 atom stereocenters. The van der Waals surface area contributed by atoms with Crippen LogP contribution in [-0.4, -0.2) is 29.9 Å². The van der Waals surface area contributed by atoms with E-state index in [1.807, 2.05) is 4.90 Å². The summed E-state index contributed by atoms with van der Waals surface area (Å²) in [5.74, 6) is 0.239. The Morgan fingerprint density at radius 3 is 2.82 bits per heavy atom. The van der Waals surface area contributed by atoms with E-state index in [1.54, 1.807) is 11.3 Å². The molecule has 2 rings (SSSR count). The number of hydrogen-bond donors (Lipinski definition) is 1. The van der Waals surface area contributed by atoms with Gasteiger partial charge in [0.25, 0.3) is 0 Å². The van der Waals surface area contributed by atoms with Crippen LogP contribution in [0.3, 0.4) is 0 Å². The van der Waals surface area contributed by atoms with Gasteiger partial charge in [-0.05, 0) is 38.8 Å². The maximum atomic E-state index is 11.9. The lowest BCUT2D eigenvalue weighted by atomic mass is 10.4. The Balaban J connectivity index is 1.72. The Labute approximate surface area is 107 Å². The summed E-state index contributed by atoms with van der Waals surface area (Å²) >= 11 is 1.78. The fourth-order valence-corrected chi connectivity index (χ4v) is 2.86. The predicted octanol–water partition coefficient (Wildman–Crippen LogP) is 2.16. The molecular formula is C13H20N2OS. The lowest BCUT2D eigenvalue weighted by molar-refractivity contribution is -0.130. The van der Waals surface area contributed by atoms with Crippen LogP contribution in [0.5, 0.6) is 0 Å². The highest BCUT2D eigenvalue weighted by Gasteiger charge is 2.30. The van der Waals surface area contributed by atoms with Crippen LogP contribution in [0.4, 0.5) is 0 Å². The summed E-state index contributed by atoms with van der Waals surface area (Å²) in [6, 6.07) is 4.76. The quantitative estimate of drug-likeness (QED) is 0.841. The maximum Gasteiger partial charge on any atom is 0.236 e. The summed E-state index contributed by atoms with van der Waals surface area (Å²) in [4.78, 5) is 16.5. The predicted molar refractivity (Wildman–Crippen MR) is 71.2 cm³/mol. The molecule has 0 unspecified atom stereocenters. The number of amides is 1. The molecule has 0 spiro atoms. The van der Waals surface area contributed by atoms with Crippen LogP contribution >= 0.6 is 11.3 Å². The van der Waals surface area contributed by atoms with Crippen LogP contribution < -0.4 is 5.32 Å². The first-order chi connectivity index (χ1) is 8.20. The zero-order valence-corrected chi connectivity index (χ0v) is 11.3. The van der Waals surface area contributed by atoms with Gasteiger partial charge in [0.05, 0.1) is 6.54 Å². The normalized spacial score (nSPS) is 14.9. The molecule has 1 fully saturated rings. The van der Waals surface area contributed by atoms with E-state index >= 15 is 0 Å². The molecule has 94 valence electrons. The molecule has 4 heteroatoms. The number of aryl methyl sites for hydroxylation is 1. The molecule has 1 aromatic heterocycles. The van der Waals surface area contributed by atoms with Crippen molar-refractivity contribution < 1.29 is 4.79 Å². The van der Waals surface area contributed by atoms with Crippen molar-refractivity contribution >= 4 is 17.2 Å². The van der Waals surface area contributed by atoms with E-state index in [0.717, 1.165) is 13.1 Å². The van der Waals surface area contributed by atoms with Gasteiger partial charge in [-0.15, -0.1) is 11.3 Å². The third-order valence-corrected chi connectivity index (χ3v) is 4.02. The van der Waals surface area contributed by atoms with Gasteiger partial charge in [-0.1, -0.05) is 0 Å². The molecule has 1 heterocycles. The lowest BCUT2D eigenvalue weighted by Gasteiger charge is -2.20. The van der Waals surface area contributed by atoms with E-state index in [9.17, 15) is 4.79 Å². The second-order valence-electron chi connectivity index (χ2n) is 4.53. The van der Waals surface area contributed by atoms with Crippen LogP contribution in [0.25, 0.3) is 0 Å². The Kier molecular flexibility index (Phi) is 4.18. The number of nitrogens with zero attached hydrogens (tertiary/aromatic N) is 1. The molecule has 1 N–H and O–H groups in total. The fraction of sp³-hybridized carbons (Fsp3) is 0.615. The van der Waals surface area contributed by atoms with Crippen molar-refractivity contribution in [1.82, 2.24) is 10.2 Å². The van der Waals surface area contributed by atoms with Crippen molar-refractivity contribution in [3.05, 3.63) is 21.9 Å². The SMILES string of the molecule is CCN(C(=O)CNCc1ccc(C)s1)C1CC1. The molecule has 1 aliphatic rings. The molecule has 1 amide bonds. The highest BCUT2D eigenvalue weighted by atomic mass is 32.1. The molecule has 0 aromatic carbocycles. The summed E-state index contributed by atoms with van der Waals surface area (Å²) in [7, 11) is 0. The molecule has 1 saturated carbocycles. The summed E-state index contributed by atoms with van der Waals surface area (Å²) in [6.07, 6.45) is 2.37. The standard InChI is InChI=1S/C13H20N2OS/c1-3-15(11-5-6-11)13(16)9-14-8-12-7-4-10(2)17-12/h4,7,11,14H,3,5-6,8-9H2,1-2H3. The number of nitrogens with one attached hydrogen (secondary N) is 1. The average Bonchev–Trinajstić information content (AvgIpc) is 3.04. The molecule has 1 aromatic rings. The third kappa shape index (κ3) is 3.54. The average molecular weight is 252 g/mol. The van der Waals surface area contributed by atoms with Crippen molar-refractivity contribution in [2.75, 3.05) is 13.1 Å². The first-order valence-corrected chi connectivity index (χ1v) is 7.08. The second-order valence-corrected chi connectivity index (χ2v) is 5.90. The summed E-state index contributed by atoms with van der Waals surface area (Å²) in [5, 5.41) is 3.23. The Morgan fingerprint density at radius 2 is 2.29 bits per heavy atom. The van der Waals surface area contributed by atoms with Crippen molar-refractivity contribution in [2.45, 2.75) is 39.3 Å². The van der Waals surface area contributed by atoms with Crippen LogP contribution in [0.1, 0.15) is 29.5 Å². The van der Waals surface area contributed by atoms with Gasteiger partial charge in [-0.25, -0.2) is 0 Å². The van der Waals surface area contributed by atoms with Crippen LogP contribution in [0.15, 0.2) is 12.1 Å². The van der Waals surface area contributed by atoms with E-state index in [1.165, 1.54) is 22.6 Å². The number of hydrogen-bond acceptors (Lipinski definition) is 3. The van der Waals surface area contributed by atoms with Crippen LogP contribution in [-0.2, 0) is 11.3 Å². The summed E-state index contributed by atoms with van der Waals surface area (Å²) in [5.41, 5.74) is 0. The number of thiophene rings is 1. The first kappa shape index (κ1) is 12.6. The second kappa shape index (κ2) is 5.65. The Morgan fingerprint density at radius 1 is 1.53 bits per heavy atom. The smallest absolute Gasteiger partial charge is 0.236 e. The van der Waals surface area contributed by atoms with Crippen molar-refractivity contribution in [1.29, 1.82) is 0 Å². The van der Waals surface area contributed by atoms with Gasteiger partial charge >= 0.3 is 0 Å². The van der Waals surface area contributed by atoms with Crippen molar-refractivity contribution in [3.8, 4) is 0 Å². The number of rotatable bonds is 6. The van der Waals surface area contributed by atoms with Gasteiger partial charge in [0.2, 0.25) is 5.91 Å². The third-order valence-electron chi connectivity index (χ3n) is 3.02. The molecular weight excluding hydrogens is 232 g/mol. The van der Waals surface area contributed by atoms with Gasteiger partial charge in [0.15, 0.2) is 0 Å². The molecule has 3 nitrogen and oxygen atoms in total. The first-order valence-electron chi connectivity index (χ1n) is 6.26. The minimum Gasteiger partial charge on any atom is -0.339 e. The maximum absolute atomic E-state index is 11.9. The number of carbonyl (C=O) groups excluding carboxylic acids is 1. The summed E-state index contributed by atoms with van der Waals surface area (Å²) < 4.78 is 0. The molecule has 0 bridgehead atoms. The monoisotopic (exact) mass is 252 g/mol.